The highest BCUT2D eigenvalue weighted by molar-refractivity contribution is 6.34. The van der Waals surface area contributed by atoms with E-state index in [1.54, 1.807) is 18.2 Å². The van der Waals surface area contributed by atoms with Crippen molar-refractivity contribution in [1.29, 1.82) is 0 Å². The lowest BCUT2D eigenvalue weighted by Gasteiger charge is -2.19. The summed E-state index contributed by atoms with van der Waals surface area (Å²) in [6.07, 6.45) is 1.79. The predicted octanol–water partition coefficient (Wildman–Crippen LogP) is 5.70. The van der Waals surface area contributed by atoms with Gasteiger partial charge < -0.3 is 14.8 Å². The number of unbranched alkanes of at least 4 members (excludes halogenated alkanes) is 1. The Morgan fingerprint density at radius 2 is 1.78 bits per heavy atom. The normalized spacial score (nSPS) is 11.1. The Morgan fingerprint density at radius 1 is 1.07 bits per heavy atom. The van der Waals surface area contributed by atoms with Crippen LogP contribution in [0.25, 0.3) is 0 Å². The second-order valence-corrected chi connectivity index (χ2v) is 7.82. The summed E-state index contributed by atoms with van der Waals surface area (Å²) in [5.41, 5.74) is 2.50. The standard InChI is InChI=1S/C22H28ClNO3/c1-22(2,3)16-10-12-17(13-11-16)27-15-6-5-14-24-20-18(21(25)26-4)8-7-9-19(20)23/h7-13,24H,5-6,14-15H2,1-4H3. The number of esters is 1. The maximum absolute atomic E-state index is 11.8. The first-order valence-electron chi connectivity index (χ1n) is 9.17. The maximum Gasteiger partial charge on any atom is 0.340 e. The van der Waals surface area contributed by atoms with Crippen LogP contribution >= 0.6 is 11.6 Å². The van der Waals surface area contributed by atoms with Crippen LogP contribution in [0.5, 0.6) is 5.75 Å². The molecular formula is C22H28ClNO3. The minimum Gasteiger partial charge on any atom is -0.494 e. The number of methoxy groups -OCH3 is 1. The minimum absolute atomic E-state index is 0.145. The van der Waals surface area contributed by atoms with Crippen LogP contribution < -0.4 is 10.1 Å². The van der Waals surface area contributed by atoms with Gasteiger partial charge in [0, 0.05) is 6.54 Å². The zero-order valence-corrected chi connectivity index (χ0v) is 17.2. The fourth-order valence-electron chi connectivity index (χ4n) is 2.67. The number of carbonyl (C=O) groups excluding carboxylic acids is 1. The minimum atomic E-state index is -0.401. The molecule has 0 radical (unpaired) electrons. The second-order valence-electron chi connectivity index (χ2n) is 7.41. The molecule has 146 valence electrons. The summed E-state index contributed by atoms with van der Waals surface area (Å²) in [5, 5.41) is 3.74. The van der Waals surface area contributed by atoms with E-state index in [0.29, 0.717) is 29.4 Å². The number of carbonyl (C=O) groups is 1. The quantitative estimate of drug-likeness (QED) is 0.465. The maximum atomic E-state index is 11.8. The summed E-state index contributed by atoms with van der Waals surface area (Å²) in [5.74, 6) is 0.483. The van der Waals surface area contributed by atoms with Crippen molar-refractivity contribution in [3.63, 3.8) is 0 Å². The Morgan fingerprint density at radius 3 is 2.41 bits per heavy atom. The van der Waals surface area contributed by atoms with Crippen molar-refractivity contribution < 1.29 is 14.3 Å². The topological polar surface area (TPSA) is 47.6 Å². The molecule has 0 fully saturated rings. The van der Waals surface area contributed by atoms with Crippen LogP contribution in [0.3, 0.4) is 0 Å². The molecule has 0 bridgehead atoms. The first-order valence-corrected chi connectivity index (χ1v) is 9.55. The Kier molecular flexibility index (Phi) is 7.55. The third-order valence-electron chi connectivity index (χ3n) is 4.28. The third-order valence-corrected chi connectivity index (χ3v) is 4.60. The molecule has 0 aliphatic heterocycles. The van der Waals surface area contributed by atoms with Crippen molar-refractivity contribution in [2.24, 2.45) is 0 Å². The lowest BCUT2D eigenvalue weighted by molar-refractivity contribution is 0.0602. The van der Waals surface area contributed by atoms with Gasteiger partial charge in [0.1, 0.15) is 5.75 Å². The number of benzene rings is 2. The van der Waals surface area contributed by atoms with Crippen LogP contribution in [-0.2, 0) is 10.2 Å². The molecule has 2 aromatic carbocycles. The largest absolute Gasteiger partial charge is 0.494 e. The van der Waals surface area contributed by atoms with Gasteiger partial charge in [-0.15, -0.1) is 0 Å². The van der Waals surface area contributed by atoms with Crippen LogP contribution in [0.4, 0.5) is 5.69 Å². The summed E-state index contributed by atoms with van der Waals surface area (Å²) in [6.45, 7) is 7.92. The summed E-state index contributed by atoms with van der Waals surface area (Å²) in [6, 6.07) is 13.4. The number of anilines is 1. The van der Waals surface area contributed by atoms with Gasteiger partial charge in [-0.05, 0) is 48.1 Å². The number of ether oxygens (including phenoxy) is 2. The molecule has 0 aliphatic carbocycles. The Labute approximate surface area is 166 Å². The van der Waals surface area contributed by atoms with Crippen molar-refractivity contribution in [2.45, 2.75) is 39.0 Å². The first kappa shape index (κ1) is 21.1. The van der Waals surface area contributed by atoms with Gasteiger partial charge in [-0.3, -0.25) is 0 Å². The molecule has 5 heteroatoms. The number of hydrogen-bond donors (Lipinski definition) is 1. The van der Waals surface area contributed by atoms with E-state index in [0.717, 1.165) is 18.6 Å². The Hall–Kier alpha value is -2.20. The summed E-state index contributed by atoms with van der Waals surface area (Å²) in [7, 11) is 1.36. The number of nitrogens with one attached hydrogen (secondary N) is 1. The zero-order valence-electron chi connectivity index (χ0n) is 16.5. The van der Waals surface area contributed by atoms with Gasteiger partial charge in [0.15, 0.2) is 0 Å². The summed E-state index contributed by atoms with van der Waals surface area (Å²) >= 11 is 6.20. The van der Waals surface area contributed by atoms with E-state index in [1.165, 1.54) is 12.7 Å². The SMILES string of the molecule is COC(=O)c1cccc(Cl)c1NCCCCOc1ccc(C(C)(C)C)cc1. The van der Waals surface area contributed by atoms with Crippen LogP contribution in [0.15, 0.2) is 42.5 Å². The van der Waals surface area contributed by atoms with E-state index in [1.807, 2.05) is 12.1 Å². The average Bonchev–Trinajstić information content (AvgIpc) is 2.64. The summed E-state index contributed by atoms with van der Waals surface area (Å²) < 4.78 is 10.6. The number of rotatable bonds is 8. The molecule has 2 aromatic rings. The van der Waals surface area contributed by atoms with Gasteiger partial charge >= 0.3 is 5.97 Å². The van der Waals surface area contributed by atoms with Crippen molar-refractivity contribution >= 4 is 23.3 Å². The highest BCUT2D eigenvalue weighted by atomic mass is 35.5. The molecule has 4 nitrogen and oxygen atoms in total. The van der Waals surface area contributed by atoms with E-state index in [9.17, 15) is 4.79 Å². The molecule has 0 saturated heterocycles. The Balaban J connectivity index is 1.76. The van der Waals surface area contributed by atoms with Gasteiger partial charge in [0.05, 0.1) is 30.0 Å². The van der Waals surface area contributed by atoms with E-state index in [-0.39, 0.29) is 5.41 Å². The van der Waals surface area contributed by atoms with Gasteiger partial charge in [0.25, 0.3) is 0 Å². The van der Waals surface area contributed by atoms with Gasteiger partial charge in [-0.1, -0.05) is 50.6 Å². The number of para-hydroxylation sites is 1. The molecule has 0 aliphatic rings. The molecule has 0 heterocycles. The van der Waals surface area contributed by atoms with Gasteiger partial charge in [-0.25, -0.2) is 4.79 Å². The third kappa shape index (κ3) is 6.17. The molecule has 0 atom stereocenters. The molecular weight excluding hydrogens is 362 g/mol. The monoisotopic (exact) mass is 389 g/mol. The lowest BCUT2D eigenvalue weighted by atomic mass is 9.87. The summed E-state index contributed by atoms with van der Waals surface area (Å²) in [4.78, 5) is 11.8. The predicted molar refractivity (Wildman–Crippen MR) is 111 cm³/mol. The van der Waals surface area contributed by atoms with Crippen LogP contribution in [-0.4, -0.2) is 26.2 Å². The highest BCUT2D eigenvalue weighted by Gasteiger charge is 2.14. The smallest absolute Gasteiger partial charge is 0.340 e. The van der Waals surface area contributed by atoms with Crippen molar-refractivity contribution in [2.75, 3.05) is 25.6 Å². The molecule has 0 saturated carbocycles. The van der Waals surface area contributed by atoms with Crippen LogP contribution in [0.1, 0.15) is 49.5 Å². The fourth-order valence-corrected chi connectivity index (χ4v) is 2.91. The van der Waals surface area contributed by atoms with Crippen molar-refractivity contribution in [1.82, 2.24) is 0 Å². The zero-order chi connectivity index (χ0) is 19.9. The highest BCUT2D eigenvalue weighted by Crippen LogP contribution is 2.27. The van der Waals surface area contributed by atoms with E-state index < -0.39 is 5.97 Å². The molecule has 0 aromatic heterocycles. The van der Waals surface area contributed by atoms with Crippen molar-refractivity contribution in [3.8, 4) is 5.75 Å². The van der Waals surface area contributed by atoms with Crippen LogP contribution in [0.2, 0.25) is 5.02 Å². The fraction of sp³-hybridized carbons (Fsp3) is 0.409. The van der Waals surface area contributed by atoms with E-state index >= 15 is 0 Å². The van der Waals surface area contributed by atoms with E-state index in [2.05, 4.69) is 38.2 Å². The molecule has 1 N–H and O–H groups in total. The van der Waals surface area contributed by atoms with E-state index in [4.69, 9.17) is 21.1 Å². The van der Waals surface area contributed by atoms with Gasteiger partial charge in [-0.2, -0.15) is 0 Å². The molecule has 27 heavy (non-hydrogen) atoms. The lowest BCUT2D eigenvalue weighted by Crippen LogP contribution is -2.11. The van der Waals surface area contributed by atoms with Crippen molar-refractivity contribution in [3.05, 3.63) is 58.6 Å². The molecule has 0 unspecified atom stereocenters. The molecule has 0 spiro atoms. The molecule has 2 rings (SSSR count). The number of hydrogen-bond acceptors (Lipinski definition) is 4. The Bertz CT molecular complexity index is 751. The second kappa shape index (κ2) is 9.65. The van der Waals surface area contributed by atoms with Crippen LogP contribution in [0, 0.1) is 0 Å². The first-order chi connectivity index (χ1) is 12.8. The average molecular weight is 390 g/mol. The number of halogens is 1. The molecule has 0 amide bonds. The van der Waals surface area contributed by atoms with Gasteiger partial charge in [0.2, 0.25) is 0 Å².